The number of rotatable bonds is 8. The van der Waals surface area contributed by atoms with Crippen molar-refractivity contribution in [3.05, 3.63) is 53.6 Å². The maximum atomic E-state index is 12.3. The first-order valence-corrected chi connectivity index (χ1v) is 10.5. The second-order valence-electron chi connectivity index (χ2n) is 7.11. The fraction of sp³-hybridized carbons (Fsp3) is 0.364. The first-order chi connectivity index (χ1) is 13.5. The van der Waals surface area contributed by atoms with Gasteiger partial charge < -0.3 is 14.6 Å². The van der Waals surface area contributed by atoms with Gasteiger partial charge in [0.05, 0.1) is 17.6 Å². The Morgan fingerprint density at radius 3 is 2.57 bits per heavy atom. The first-order valence-electron chi connectivity index (χ1n) is 9.52. The minimum atomic E-state index is -0.00760. The molecular weight excluding hydrogens is 370 g/mol. The van der Waals surface area contributed by atoms with Crippen LogP contribution < -0.4 is 10.1 Å². The number of carbonyl (C=O) groups excluding carboxylic acids is 1. The van der Waals surface area contributed by atoms with E-state index in [1.54, 1.807) is 11.8 Å². The van der Waals surface area contributed by atoms with Crippen LogP contribution in [0.2, 0.25) is 0 Å². The minimum absolute atomic E-state index is 0.00760. The number of nitrogens with one attached hydrogen (secondary N) is 1. The molecule has 1 heterocycles. The van der Waals surface area contributed by atoms with E-state index < -0.39 is 0 Å². The van der Waals surface area contributed by atoms with Crippen molar-refractivity contribution in [2.75, 3.05) is 12.4 Å². The smallest absolute Gasteiger partial charge is 0.240 e. The van der Waals surface area contributed by atoms with Crippen molar-refractivity contribution in [1.82, 2.24) is 14.9 Å². The average Bonchev–Trinajstić information content (AvgIpc) is 2.97. The van der Waals surface area contributed by atoms with Gasteiger partial charge in [-0.1, -0.05) is 42.1 Å². The fourth-order valence-corrected chi connectivity index (χ4v) is 3.96. The third kappa shape index (κ3) is 4.87. The van der Waals surface area contributed by atoms with Crippen LogP contribution in [0.4, 0.5) is 0 Å². The Bertz CT molecular complexity index is 945. The predicted octanol–water partition coefficient (Wildman–Crippen LogP) is 4.35. The largest absolute Gasteiger partial charge is 0.492 e. The Morgan fingerprint density at radius 2 is 1.86 bits per heavy atom. The molecule has 0 saturated carbocycles. The lowest BCUT2D eigenvalue weighted by atomic mass is 10.1. The van der Waals surface area contributed by atoms with Crippen LogP contribution in [0, 0.1) is 13.8 Å². The normalized spacial score (nSPS) is 11.2. The molecule has 1 amide bonds. The molecule has 0 atom stereocenters. The average molecular weight is 398 g/mol. The number of amides is 1. The SMILES string of the molecule is Cc1cccc(C)c1OCCSc1nc2ccccc2n1CC(=O)NC(C)C. The molecule has 2 aromatic carbocycles. The summed E-state index contributed by atoms with van der Waals surface area (Å²) >= 11 is 1.61. The van der Waals surface area contributed by atoms with Crippen LogP contribution in [0.5, 0.6) is 5.75 Å². The summed E-state index contributed by atoms with van der Waals surface area (Å²) in [5.74, 6) is 1.70. The molecule has 0 bridgehead atoms. The van der Waals surface area contributed by atoms with Crippen LogP contribution in [0.1, 0.15) is 25.0 Å². The first kappa shape index (κ1) is 20.3. The highest BCUT2D eigenvalue weighted by atomic mass is 32.2. The van der Waals surface area contributed by atoms with E-state index in [0.29, 0.717) is 6.61 Å². The van der Waals surface area contributed by atoms with Crippen LogP contribution in [0.15, 0.2) is 47.6 Å². The summed E-state index contributed by atoms with van der Waals surface area (Å²) in [7, 11) is 0. The van der Waals surface area contributed by atoms with Crippen molar-refractivity contribution in [2.24, 2.45) is 0 Å². The second-order valence-corrected chi connectivity index (χ2v) is 8.17. The van der Waals surface area contributed by atoms with E-state index in [4.69, 9.17) is 9.72 Å². The zero-order valence-electron chi connectivity index (χ0n) is 16.9. The molecule has 1 aromatic heterocycles. The van der Waals surface area contributed by atoms with E-state index >= 15 is 0 Å². The number of hydrogen-bond acceptors (Lipinski definition) is 4. The van der Waals surface area contributed by atoms with E-state index in [-0.39, 0.29) is 18.5 Å². The quantitative estimate of drug-likeness (QED) is 0.454. The van der Waals surface area contributed by atoms with Crippen LogP contribution in [0.25, 0.3) is 11.0 Å². The number of hydrogen-bond donors (Lipinski definition) is 1. The highest BCUT2D eigenvalue weighted by Gasteiger charge is 2.14. The van der Waals surface area contributed by atoms with Gasteiger partial charge in [-0.05, 0) is 51.0 Å². The van der Waals surface area contributed by atoms with E-state index in [1.165, 1.54) is 0 Å². The zero-order valence-corrected chi connectivity index (χ0v) is 17.7. The van der Waals surface area contributed by atoms with Crippen molar-refractivity contribution < 1.29 is 9.53 Å². The highest BCUT2D eigenvalue weighted by Crippen LogP contribution is 2.26. The third-order valence-electron chi connectivity index (χ3n) is 4.34. The van der Waals surface area contributed by atoms with Gasteiger partial charge in [-0.3, -0.25) is 4.79 Å². The summed E-state index contributed by atoms with van der Waals surface area (Å²) in [5.41, 5.74) is 4.16. The maximum absolute atomic E-state index is 12.3. The monoisotopic (exact) mass is 397 g/mol. The number of aromatic nitrogens is 2. The van der Waals surface area contributed by atoms with E-state index in [2.05, 4.69) is 31.3 Å². The fourth-order valence-electron chi connectivity index (χ4n) is 3.13. The van der Waals surface area contributed by atoms with Gasteiger partial charge in [0.2, 0.25) is 5.91 Å². The van der Waals surface area contributed by atoms with Crippen LogP contribution in [-0.2, 0) is 11.3 Å². The molecule has 0 unspecified atom stereocenters. The number of aryl methyl sites for hydroxylation is 2. The molecule has 5 nitrogen and oxygen atoms in total. The number of benzene rings is 2. The summed E-state index contributed by atoms with van der Waals surface area (Å²) in [6.07, 6.45) is 0. The molecule has 148 valence electrons. The standard InChI is InChI=1S/C22H27N3O2S/c1-15(2)23-20(26)14-25-19-11-6-5-10-18(19)24-22(25)28-13-12-27-21-16(3)8-7-9-17(21)4/h5-11,15H,12-14H2,1-4H3,(H,23,26). The molecule has 0 aliphatic rings. The van der Waals surface area contributed by atoms with E-state index in [9.17, 15) is 4.79 Å². The molecule has 0 radical (unpaired) electrons. The second kappa shape index (κ2) is 9.15. The number of para-hydroxylation sites is 3. The Labute approximate surface area is 170 Å². The van der Waals surface area contributed by atoms with Gasteiger partial charge in [-0.15, -0.1) is 0 Å². The van der Waals surface area contributed by atoms with Crippen molar-refractivity contribution in [2.45, 2.75) is 45.4 Å². The lowest BCUT2D eigenvalue weighted by Crippen LogP contribution is -2.33. The third-order valence-corrected chi connectivity index (χ3v) is 5.28. The topological polar surface area (TPSA) is 56.2 Å². The molecule has 0 saturated heterocycles. The van der Waals surface area contributed by atoms with E-state index in [0.717, 1.165) is 38.8 Å². The molecule has 3 rings (SSSR count). The number of thioether (sulfide) groups is 1. The summed E-state index contributed by atoms with van der Waals surface area (Å²) in [6, 6.07) is 14.2. The van der Waals surface area contributed by atoms with Gasteiger partial charge in [-0.25, -0.2) is 4.98 Å². The number of imidazole rings is 1. The van der Waals surface area contributed by atoms with Crippen LogP contribution in [-0.4, -0.2) is 33.9 Å². The molecule has 0 aliphatic heterocycles. The molecule has 6 heteroatoms. The predicted molar refractivity (Wildman–Crippen MR) is 115 cm³/mol. The molecule has 0 spiro atoms. The van der Waals surface area contributed by atoms with E-state index in [1.807, 2.05) is 48.7 Å². The maximum Gasteiger partial charge on any atom is 0.240 e. The van der Waals surface area contributed by atoms with Crippen molar-refractivity contribution in [3.63, 3.8) is 0 Å². The van der Waals surface area contributed by atoms with Crippen LogP contribution >= 0.6 is 11.8 Å². The Morgan fingerprint density at radius 1 is 1.14 bits per heavy atom. The Hall–Kier alpha value is -2.47. The van der Waals surface area contributed by atoms with Crippen molar-refractivity contribution in [3.8, 4) is 5.75 Å². The lowest BCUT2D eigenvalue weighted by Gasteiger charge is -2.13. The highest BCUT2D eigenvalue weighted by molar-refractivity contribution is 7.99. The van der Waals surface area contributed by atoms with Crippen molar-refractivity contribution >= 4 is 28.7 Å². The summed E-state index contributed by atoms with van der Waals surface area (Å²) in [4.78, 5) is 17.0. The van der Waals surface area contributed by atoms with Gasteiger partial charge in [0.15, 0.2) is 5.16 Å². The van der Waals surface area contributed by atoms with Gasteiger partial charge in [0, 0.05) is 11.8 Å². The number of fused-ring (bicyclic) bond motifs is 1. The van der Waals surface area contributed by atoms with Crippen molar-refractivity contribution in [1.29, 1.82) is 0 Å². The molecule has 3 aromatic rings. The minimum Gasteiger partial charge on any atom is -0.492 e. The van der Waals surface area contributed by atoms with Gasteiger partial charge in [0.25, 0.3) is 0 Å². The summed E-state index contributed by atoms with van der Waals surface area (Å²) < 4.78 is 7.98. The lowest BCUT2D eigenvalue weighted by molar-refractivity contribution is -0.122. The Kier molecular flexibility index (Phi) is 6.62. The van der Waals surface area contributed by atoms with Crippen LogP contribution in [0.3, 0.4) is 0 Å². The zero-order chi connectivity index (χ0) is 20.1. The molecule has 1 N–H and O–H groups in total. The molecule has 0 aliphatic carbocycles. The van der Waals surface area contributed by atoms with Gasteiger partial charge in [-0.2, -0.15) is 0 Å². The summed E-state index contributed by atoms with van der Waals surface area (Å²) in [6.45, 7) is 8.88. The van der Waals surface area contributed by atoms with Gasteiger partial charge in [0.1, 0.15) is 12.3 Å². The number of nitrogens with zero attached hydrogens (tertiary/aromatic N) is 2. The summed E-state index contributed by atoms with van der Waals surface area (Å²) in [5, 5.41) is 3.79. The Balaban J connectivity index is 1.70. The molecule has 28 heavy (non-hydrogen) atoms. The number of carbonyl (C=O) groups is 1. The molecule has 0 fully saturated rings. The number of ether oxygens (including phenoxy) is 1. The molecular formula is C22H27N3O2S. The van der Waals surface area contributed by atoms with Gasteiger partial charge >= 0.3 is 0 Å².